The van der Waals surface area contributed by atoms with Gasteiger partial charge in [0.2, 0.25) is 0 Å². The molecule has 0 saturated carbocycles. The number of thioether (sulfide) groups is 1. The van der Waals surface area contributed by atoms with Crippen molar-refractivity contribution < 1.29 is 17.9 Å². The molecule has 0 bridgehead atoms. The number of morpholine rings is 1. The van der Waals surface area contributed by atoms with E-state index < -0.39 is 5.51 Å². The number of halogens is 3. The van der Waals surface area contributed by atoms with Gasteiger partial charge in [-0.25, -0.2) is 4.98 Å². The maximum Gasteiger partial charge on any atom is 0.446 e. The van der Waals surface area contributed by atoms with Gasteiger partial charge >= 0.3 is 5.51 Å². The Morgan fingerprint density at radius 3 is 2.89 bits per heavy atom. The summed E-state index contributed by atoms with van der Waals surface area (Å²) in [6.07, 6.45) is 1.72. The van der Waals surface area contributed by atoms with Crippen molar-refractivity contribution in [2.24, 2.45) is 7.05 Å². The highest BCUT2D eigenvalue weighted by Gasteiger charge is 2.29. The average molecular weight is 407 g/mol. The third kappa shape index (κ3) is 4.51. The standard InChI is InChI=1S/C20H20F3N3OS/c1-25-13-24-17-6-5-15(10-18(17)25)19-12-26(7-8-27-19)11-14-3-2-4-16(9-14)28-20(21,22)23/h2-6,9-10,13,19H,7-8,11-12H2,1H3/t19-/m0/s1. The Kier molecular flexibility index (Phi) is 5.35. The van der Waals surface area contributed by atoms with E-state index in [0.717, 1.165) is 28.7 Å². The lowest BCUT2D eigenvalue weighted by Gasteiger charge is -2.33. The van der Waals surface area contributed by atoms with Crippen molar-refractivity contribution in [1.29, 1.82) is 0 Å². The van der Waals surface area contributed by atoms with Crippen LogP contribution in [0.3, 0.4) is 0 Å². The minimum absolute atomic E-state index is 0.0687. The summed E-state index contributed by atoms with van der Waals surface area (Å²) in [6, 6.07) is 12.8. The topological polar surface area (TPSA) is 30.3 Å². The Balaban J connectivity index is 1.46. The van der Waals surface area contributed by atoms with Crippen molar-refractivity contribution in [3.05, 3.63) is 59.9 Å². The average Bonchev–Trinajstić information content (AvgIpc) is 3.01. The molecule has 1 saturated heterocycles. The van der Waals surface area contributed by atoms with Crippen LogP contribution in [0.4, 0.5) is 13.2 Å². The van der Waals surface area contributed by atoms with Gasteiger partial charge in [-0.1, -0.05) is 18.2 Å². The molecule has 0 amide bonds. The van der Waals surface area contributed by atoms with E-state index >= 15 is 0 Å². The number of benzene rings is 2. The predicted octanol–water partition coefficient (Wildman–Crippen LogP) is 4.76. The first kappa shape index (κ1) is 19.3. The molecule has 0 radical (unpaired) electrons. The molecule has 28 heavy (non-hydrogen) atoms. The third-order valence-corrected chi connectivity index (χ3v) is 5.53. The van der Waals surface area contributed by atoms with Gasteiger partial charge in [-0.05, 0) is 47.2 Å². The van der Waals surface area contributed by atoms with Crippen LogP contribution < -0.4 is 0 Å². The van der Waals surface area contributed by atoms with Crippen LogP contribution in [0.15, 0.2) is 53.7 Å². The van der Waals surface area contributed by atoms with Crippen LogP contribution in [0.5, 0.6) is 0 Å². The summed E-state index contributed by atoms with van der Waals surface area (Å²) in [7, 11) is 1.96. The van der Waals surface area contributed by atoms with Crippen LogP contribution in [0, 0.1) is 0 Å². The minimum atomic E-state index is -4.27. The van der Waals surface area contributed by atoms with Gasteiger partial charge in [-0.15, -0.1) is 0 Å². The number of hydrogen-bond donors (Lipinski definition) is 0. The first-order valence-electron chi connectivity index (χ1n) is 8.97. The number of aromatic nitrogens is 2. The molecule has 2 heterocycles. The van der Waals surface area contributed by atoms with Gasteiger partial charge in [-0.2, -0.15) is 13.2 Å². The Hall–Kier alpha value is -2.03. The SMILES string of the molecule is Cn1cnc2ccc([C@@H]3CN(Cc4cccc(SC(F)(F)F)c4)CCO3)cc21. The smallest absolute Gasteiger partial charge is 0.371 e. The molecular formula is C20H20F3N3OS. The minimum Gasteiger partial charge on any atom is -0.371 e. The van der Waals surface area contributed by atoms with Crippen LogP contribution in [-0.2, 0) is 18.3 Å². The molecule has 0 spiro atoms. The summed E-state index contributed by atoms with van der Waals surface area (Å²) < 4.78 is 45.8. The molecule has 148 valence electrons. The molecule has 2 aromatic carbocycles. The van der Waals surface area contributed by atoms with Gasteiger partial charge in [-0.3, -0.25) is 4.90 Å². The summed E-state index contributed by atoms with van der Waals surface area (Å²) in [5.74, 6) is 0. The van der Waals surface area contributed by atoms with E-state index in [2.05, 4.69) is 16.0 Å². The Morgan fingerprint density at radius 1 is 1.21 bits per heavy atom. The zero-order chi connectivity index (χ0) is 19.7. The number of rotatable bonds is 4. The molecule has 1 aliphatic heterocycles. The van der Waals surface area contributed by atoms with E-state index in [4.69, 9.17) is 4.74 Å². The van der Waals surface area contributed by atoms with Crippen LogP contribution in [0.25, 0.3) is 11.0 Å². The second-order valence-electron chi connectivity index (χ2n) is 6.89. The van der Waals surface area contributed by atoms with Gasteiger partial charge in [0.25, 0.3) is 0 Å². The Labute approximate surface area is 165 Å². The second kappa shape index (κ2) is 7.77. The number of imidazole rings is 1. The van der Waals surface area contributed by atoms with Gasteiger partial charge in [0.05, 0.1) is 30.1 Å². The molecule has 1 atom stereocenters. The van der Waals surface area contributed by atoms with Gasteiger partial charge in [0.15, 0.2) is 0 Å². The van der Waals surface area contributed by atoms with Crippen LogP contribution in [-0.4, -0.2) is 39.7 Å². The molecule has 0 unspecified atom stereocenters. The molecule has 3 aromatic rings. The third-order valence-electron chi connectivity index (χ3n) is 4.81. The lowest BCUT2D eigenvalue weighted by Crippen LogP contribution is -2.37. The highest BCUT2D eigenvalue weighted by molar-refractivity contribution is 8.00. The zero-order valence-electron chi connectivity index (χ0n) is 15.3. The fourth-order valence-electron chi connectivity index (χ4n) is 3.49. The van der Waals surface area contributed by atoms with Crippen molar-refractivity contribution in [2.45, 2.75) is 23.1 Å². The van der Waals surface area contributed by atoms with Gasteiger partial charge in [0.1, 0.15) is 0 Å². The molecule has 0 N–H and O–H groups in total. The van der Waals surface area contributed by atoms with Crippen molar-refractivity contribution in [2.75, 3.05) is 19.7 Å². The fourth-order valence-corrected chi connectivity index (χ4v) is 4.11. The molecule has 1 fully saturated rings. The van der Waals surface area contributed by atoms with E-state index in [-0.39, 0.29) is 22.8 Å². The van der Waals surface area contributed by atoms with Crippen LogP contribution in [0.1, 0.15) is 17.2 Å². The highest BCUT2D eigenvalue weighted by atomic mass is 32.2. The van der Waals surface area contributed by atoms with E-state index in [1.165, 1.54) is 6.07 Å². The van der Waals surface area contributed by atoms with E-state index in [1.807, 2.05) is 29.8 Å². The lowest BCUT2D eigenvalue weighted by atomic mass is 10.1. The maximum atomic E-state index is 12.6. The molecular weight excluding hydrogens is 387 g/mol. The normalized spacial score (nSPS) is 18.6. The van der Waals surface area contributed by atoms with Crippen LogP contribution >= 0.6 is 11.8 Å². The fraction of sp³-hybridized carbons (Fsp3) is 0.350. The molecule has 8 heteroatoms. The number of ether oxygens (including phenoxy) is 1. The summed E-state index contributed by atoms with van der Waals surface area (Å²) in [5, 5.41) is 0. The molecule has 1 aliphatic rings. The molecule has 4 nitrogen and oxygen atoms in total. The first-order valence-corrected chi connectivity index (χ1v) is 9.79. The van der Waals surface area contributed by atoms with Crippen molar-refractivity contribution in [1.82, 2.24) is 14.5 Å². The van der Waals surface area contributed by atoms with Crippen molar-refractivity contribution in [3.8, 4) is 0 Å². The maximum absolute atomic E-state index is 12.6. The number of hydrogen-bond acceptors (Lipinski definition) is 4. The highest BCUT2D eigenvalue weighted by Crippen LogP contribution is 2.37. The summed E-state index contributed by atoms with van der Waals surface area (Å²) in [5.41, 5.74) is -0.320. The lowest BCUT2D eigenvalue weighted by molar-refractivity contribution is -0.0329. The van der Waals surface area contributed by atoms with Crippen molar-refractivity contribution in [3.63, 3.8) is 0 Å². The Bertz CT molecular complexity index is 973. The number of nitrogens with zero attached hydrogens (tertiary/aromatic N) is 3. The van der Waals surface area contributed by atoms with E-state index in [9.17, 15) is 13.2 Å². The second-order valence-corrected chi connectivity index (χ2v) is 8.03. The first-order chi connectivity index (χ1) is 13.4. The molecule has 0 aliphatic carbocycles. The number of alkyl halides is 3. The predicted molar refractivity (Wildman–Crippen MR) is 103 cm³/mol. The summed E-state index contributed by atoms with van der Waals surface area (Å²) in [4.78, 5) is 6.78. The van der Waals surface area contributed by atoms with E-state index in [0.29, 0.717) is 19.7 Å². The monoisotopic (exact) mass is 407 g/mol. The Morgan fingerprint density at radius 2 is 2.07 bits per heavy atom. The van der Waals surface area contributed by atoms with Gasteiger partial charge in [0, 0.05) is 31.6 Å². The number of fused-ring (bicyclic) bond motifs is 1. The van der Waals surface area contributed by atoms with Crippen molar-refractivity contribution >= 4 is 22.8 Å². The molecule has 1 aromatic heterocycles. The largest absolute Gasteiger partial charge is 0.446 e. The zero-order valence-corrected chi connectivity index (χ0v) is 16.1. The van der Waals surface area contributed by atoms with Gasteiger partial charge < -0.3 is 9.30 Å². The van der Waals surface area contributed by atoms with E-state index in [1.54, 1.807) is 18.5 Å². The summed E-state index contributed by atoms with van der Waals surface area (Å²) in [6.45, 7) is 2.63. The quantitative estimate of drug-likeness (QED) is 0.584. The van der Waals surface area contributed by atoms with Crippen LogP contribution in [0.2, 0.25) is 0 Å². The molecule has 4 rings (SSSR count). The summed E-state index contributed by atoms with van der Waals surface area (Å²) >= 11 is -0.0738. The number of aryl methyl sites for hydroxylation is 1.